The van der Waals surface area contributed by atoms with E-state index in [1.165, 1.54) is 12.1 Å². The molecule has 4 nitrogen and oxygen atoms in total. The molecule has 26 heavy (non-hydrogen) atoms. The van der Waals surface area contributed by atoms with Crippen molar-refractivity contribution in [1.82, 2.24) is 10.2 Å². The fraction of sp³-hybridized carbons (Fsp3) is 0.350. The van der Waals surface area contributed by atoms with Gasteiger partial charge in [0.2, 0.25) is 0 Å². The van der Waals surface area contributed by atoms with Crippen LogP contribution in [0.25, 0.3) is 0 Å². The first kappa shape index (κ1) is 20.2. The molecule has 0 aromatic heterocycles. The third-order valence-electron chi connectivity index (χ3n) is 4.65. The molecule has 1 saturated heterocycles. The van der Waals surface area contributed by atoms with Crippen LogP contribution in [0.2, 0.25) is 0 Å². The van der Waals surface area contributed by atoms with E-state index in [4.69, 9.17) is 0 Å². The van der Waals surface area contributed by atoms with Gasteiger partial charge in [-0.1, -0.05) is 18.2 Å². The highest BCUT2D eigenvalue weighted by molar-refractivity contribution is 5.95. The maximum atomic E-state index is 13.1. The number of likely N-dealkylation sites (N-methyl/N-ethyl adjacent to an activating group) is 1. The van der Waals surface area contributed by atoms with Gasteiger partial charge in [-0.05, 0) is 55.9 Å². The maximum absolute atomic E-state index is 13.1. The van der Waals surface area contributed by atoms with Gasteiger partial charge >= 0.3 is 0 Å². The molecule has 2 aromatic rings. The topological polar surface area (TPSA) is 35.6 Å². The van der Waals surface area contributed by atoms with Gasteiger partial charge < -0.3 is 15.1 Å². The molecule has 0 bridgehead atoms. The van der Waals surface area contributed by atoms with E-state index in [1.807, 2.05) is 36.2 Å². The summed E-state index contributed by atoms with van der Waals surface area (Å²) in [4.78, 5) is 17.0. The van der Waals surface area contributed by atoms with E-state index in [2.05, 4.69) is 10.2 Å². The van der Waals surface area contributed by atoms with E-state index in [1.54, 1.807) is 12.1 Å². The minimum absolute atomic E-state index is 0. The first-order valence-electron chi connectivity index (χ1n) is 8.71. The number of carbonyl (C=O) groups excluding carboxylic acids is 1. The van der Waals surface area contributed by atoms with Gasteiger partial charge in [-0.15, -0.1) is 12.4 Å². The van der Waals surface area contributed by atoms with Crippen LogP contribution >= 0.6 is 12.4 Å². The van der Waals surface area contributed by atoms with E-state index >= 15 is 0 Å². The highest BCUT2D eigenvalue weighted by Gasteiger charge is 2.23. The number of benzene rings is 2. The number of carbonyl (C=O) groups is 1. The van der Waals surface area contributed by atoms with Crippen LogP contribution in [0.5, 0.6) is 0 Å². The summed E-state index contributed by atoms with van der Waals surface area (Å²) in [6.45, 7) is 3.72. The van der Waals surface area contributed by atoms with Crippen LogP contribution in [0.15, 0.2) is 48.5 Å². The molecule has 1 fully saturated rings. The molecule has 2 aromatic carbocycles. The average molecular weight is 378 g/mol. The van der Waals surface area contributed by atoms with E-state index in [0.29, 0.717) is 13.1 Å². The van der Waals surface area contributed by atoms with Crippen LogP contribution in [0, 0.1) is 5.82 Å². The Balaban J connectivity index is 0.00000243. The largest absolute Gasteiger partial charge is 0.368 e. The molecule has 1 amide bonds. The highest BCUT2D eigenvalue weighted by Crippen LogP contribution is 2.19. The number of piperazine rings is 1. The quantitative estimate of drug-likeness (QED) is 0.870. The number of hydrogen-bond donors (Lipinski definition) is 1. The van der Waals surface area contributed by atoms with Crippen molar-refractivity contribution in [1.29, 1.82) is 0 Å². The standard InChI is InChI=1S/C20H24FN3O.ClH/c1-22-11-10-16-4-2-3-5-19(16)20(25)24-14-12-23(13-15-24)18-8-6-17(21)7-9-18;/h2-9,22H,10-15H2,1H3;1H. The first-order chi connectivity index (χ1) is 12.2. The second-order valence-electron chi connectivity index (χ2n) is 6.27. The van der Waals surface area contributed by atoms with Crippen molar-refractivity contribution in [3.05, 3.63) is 65.5 Å². The minimum Gasteiger partial charge on any atom is -0.368 e. The predicted molar refractivity (Wildman–Crippen MR) is 106 cm³/mol. The van der Waals surface area contributed by atoms with Gasteiger partial charge in [0.25, 0.3) is 5.91 Å². The molecule has 1 aliphatic heterocycles. The lowest BCUT2D eigenvalue weighted by molar-refractivity contribution is 0.0745. The molecule has 0 spiro atoms. The Morgan fingerprint density at radius 1 is 1.04 bits per heavy atom. The summed E-state index contributed by atoms with van der Waals surface area (Å²) in [6.07, 6.45) is 0.841. The number of rotatable bonds is 5. The summed E-state index contributed by atoms with van der Waals surface area (Å²) in [5.74, 6) is -0.124. The van der Waals surface area contributed by atoms with Gasteiger partial charge in [0.1, 0.15) is 5.82 Å². The summed E-state index contributed by atoms with van der Waals surface area (Å²) in [5, 5.41) is 3.13. The van der Waals surface area contributed by atoms with E-state index in [0.717, 1.165) is 42.9 Å². The molecule has 0 radical (unpaired) electrons. The number of nitrogens with one attached hydrogen (secondary N) is 1. The van der Waals surface area contributed by atoms with Crippen molar-refractivity contribution in [2.75, 3.05) is 44.7 Å². The van der Waals surface area contributed by atoms with Crippen LogP contribution in [-0.2, 0) is 6.42 Å². The molecular weight excluding hydrogens is 353 g/mol. The Morgan fingerprint density at radius 3 is 2.35 bits per heavy atom. The predicted octanol–water partition coefficient (Wildman–Crippen LogP) is 2.97. The Morgan fingerprint density at radius 2 is 1.69 bits per heavy atom. The summed E-state index contributed by atoms with van der Waals surface area (Å²) in [6, 6.07) is 14.4. The van der Waals surface area contributed by atoms with Crippen LogP contribution < -0.4 is 10.2 Å². The molecule has 6 heteroatoms. The third kappa shape index (κ3) is 4.74. The zero-order valence-electron chi connectivity index (χ0n) is 15.0. The molecule has 140 valence electrons. The first-order valence-corrected chi connectivity index (χ1v) is 8.71. The molecule has 0 aliphatic carbocycles. The monoisotopic (exact) mass is 377 g/mol. The lowest BCUT2D eigenvalue weighted by Gasteiger charge is -2.36. The number of halogens is 2. The molecular formula is C20H25ClFN3O. The zero-order chi connectivity index (χ0) is 17.6. The molecule has 1 heterocycles. The normalized spacial score (nSPS) is 14.1. The second kappa shape index (κ2) is 9.55. The Labute approximate surface area is 160 Å². The van der Waals surface area contributed by atoms with Gasteiger partial charge in [-0.25, -0.2) is 4.39 Å². The lowest BCUT2D eigenvalue weighted by Crippen LogP contribution is -2.49. The minimum atomic E-state index is -0.226. The number of amides is 1. The van der Waals surface area contributed by atoms with Gasteiger partial charge in [-0.2, -0.15) is 0 Å². The number of anilines is 1. The van der Waals surface area contributed by atoms with Crippen molar-refractivity contribution >= 4 is 24.0 Å². The molecule has 3 rings (SSSR count). The lowest BCUT2D eigenvalue weighted by atomic mass is 10.0. The van der Waals surface area contributed by atoms with E-state index in [9.17, 15) is 9.18 Å². The van der Waals surface area contributed by atoms with Crippen molar-refractivity contribution in [3.8, 4) is 0 Å². The average Bonchev–Trinajstić information content (AvgIpc) is 2.67. The van der Waals surface area contributed by atoms with Crippen molar-refractivity contribution in [3.63, 3.8) is 0 Å². The SMILES string of the molecule is CNCCc1ccccc1C(=O)N1CCN(c2ccc(F)cc2)CC1.Cl. The third-order valence-corrected chi connectivity index (χ3v) is 4.65. The Kier molecular flexibility index (Phi) is 7.42. The number of nitrogens with zero attached hydrogens (tertiary/aromatic N) is 2. The molecule has 1 aliphatic rings. The summed E-state index contributed by atoms with van der Waals surface area (Å²) < 4.78 is 13.1. The zero-order valence-corrected chi connectivity index (χ0v) is 15.8. The molecule has 0 saturated carbocycles. The van der Waals surface area contributed by atoms with Crippen molar-refractivity contribution in [2.24, 2.45) is 0 Å². The van der Waals surface area contributed by atoms with Crippen LogP contribution in [0.1, 0.15) is 15.9 Å². The number of hydrogen-bond acceptors (Lipinski definition) is 3. The Hall–Kier alpha value is -2.11. The van der Waals surface area contributed by atoms with Crippen molar-refractivity contribution in [2.45, 2.75) is 6.42 Å². The van der Waals surface area contributed by atoms with Crippen LogP contribution in [0.4, 0.5) is 10.1 Å². The molecule has 0 unspecified atom stereocenters. The fourth-order valence-electron chi connectivity index (χ4n) is 3.20. The van der Waals surface area contributed by atoms with Gasteiger partial charge in [0, 0.05) is 37.4 Å². The fourth-order valence-corrected chi connectivity index (χ4v) is 3.20. The maximum Gasteiger partial charge on any atom is 0.254 e. The van der Waals surface area contributed by atoms with Gasteiger partial charge in [0.15, 0.2) is 0 Å². The van der Waals surface area contributed by atoms with Crippen LogP contribution in [-0.4, -0.2) is 50.6 Å². The second-order valence-corrected chi connectivity index (χ2v) is 6.27. The molecule has 0 atom stereocenters. The van der Waals surface area contributed by atoms with Crippen molar-refractivity contribution < 1.29 is 9.18 Å². The summed E-state index contributed by atoms with van der Waals surface area (Å²) in [5.41, 5.74) is 2.89. The smallest absolute Gasteiger partial charge is 0.254 e. The van der Waals surface area contributed by atoms with Crippen LogP contribution in [0.3, 0.4) is 0 Å². The van der Waals surface area contributed by atoms with Gasteiger partial charge in [-0.3, -0.25) is 4.79 Å². The summed E-state index contributed by atoms with van der Waals surface area (Å²) >= 11 is 0. The van der Waals surface area contributed by atoms with E-state index < -0.39 is 0 Å². The molecule has 1 N–H and O–H groups in total. The summed E-state index contributed by atoms with van der Waals surface area (Å²) in [7, 11) is 1.92. The van der Waals surface area contributed by atoms with E-state index in [-0.39, 0.29) is 24.1 Å². The highest BCUT2D eigenvalue weighted by atomic mass is 35.5. The van der Waals surface area contributed by atoms with Gasteiger partial charge in [0.05, 0.1) is 0 Å². The Bertz CT molecular complexity index is 715.